The third-order valence-corrected chi connectivity index (χ3v) is 7.52. The molecule has 0 spiro atoms. The molecule has 1 aliphatic heterocycles. The molecule has 0 amide bonds. The Labute approximate surface area is 179 Å². The molecule has 4 fully saturated rings. The Balaban J connectivity index is 1.29. The fourth-order valence-electron chi connectivity index (χ4n) is 5.94. The average molecular weight is 421 g/mol. The van der Waals surface area contributed by atoms with Crippen molar-refractivity contribution in [2.24, 2.45) is 17.8 Å². The Bertz CT molecular complexity index is 658. The summed E-state index contributed by atoms with van der Waals surface area (Å²) < 4.78 is 12.1. The van der Waals surface area contributed by atoms with Crippen molar-refractivity contribution in [2.75, 3.05) is 6.61 Å². The molecule has 3 aliphatic carbocycles. The van der Waals surface area contributed by atoms with E-state index in [1.165, 1.54) is 12.0 Å². The van der Waals surface area contributed by atoms with Crippen molar-refractivity contribution in [2.45, 2.75) is 94.7 Å². The third-order valence-electron chi connectivity index (χ3n) is 7.52. The van der Waals surface area contributed by atoms with Gasteiger partial charge in [0, 0.05) is 12.3 Å². The van der Waals surface area contributed by atoms with Crippen LogP contribution in [0.15, 0.2) is 23.8 Å². The lowest BCUT2D eigenvalue weighted by Gasteiger charge is -2.40. The Morgan fingerprint density at radius 1 is 1.20 bits per heavy atom. The van der Waals surface area contributed by atoms with E-state index in [4.69, 9.17) is 14.6 Å². The van der Waals surface area contributed by atoms with Gasteiger partial charge in [-0.3, -0.25) is 4.79 Å². The van der Waals surface area contributed by atoms with Gasteiger partial charge in [0.1, 0.15) is 12.2 Å². The predicted molar refractivity (Wildman–Crippen MR) is 112 cm³/mol. The number of unbranched alkanes of at least 4 members (excludes halogenated alkanes) is 1. The molecule has 0 aromatic carbocycles. The fraction of sp³-hybridized carbons (Fsp3) is 0.792. The van der Waals surface area contributed by atoms with Crippen molar-refractivity contribution >= 4 is 5.97 Å². The van der Waals surface area contributed by atoms with Crippen LogP contribution >= 0.6 is 0 Å². The molecule has 30 heavy (non-hydrogen) atoms. The molecule has 1 saturated heterocycles. The zero-order chi connectivity index (χ0) is 21.1. The standard InChI is InChI=1S/C24H36O6/c25-19(23-14-29-21-6-2-3-7-22(21)30-23)10-9-17-18-12-15(5-1-4-8-24(27)28)11-16(18)13-20(17)26/h5,9-10,16-23,25-26H,1-4,6-8,11-14H2,(H,27,28)/b10-9+,15-5+/t16?,17-,18?,19-,20-,21?,22?,23?/m1/s1. The molecule has 4 rings (SSSR count). The van der Waals surface area contributed by atoms with Crippen LogP contribution in [0.3, 0.4) is 0 Å². The van der Waals surface area contributed by atoms with Gasteiger partial charge in [0.25, 0.3) is 0 Å². The molecule has 0 aromatic rings. The second-order valence-electron chi connectivity index (χ2n) is 9.61. The van der Waals surface area contributed by atoms with Gasteiger partial charge < -0.3 is 24.8 Å². The van der Waals surface area contributed by atoms with Crippen LogP contribution in [0.4, 0.5) is 0 Å². The molecular weight excluding hydrogens is 384 g/mol. The number of ether oxygens (including phenoxy) is 2. The maximum atomic E-state index is 10.7. The minimum Gasteiger partial charge on any atom is -0.481 e. The Hall–Kier alpha value is -1.21. The monoisotopic (exact) mass is 420 g/mol. The Kier molecular flexibility index (Phi) is 7.29. The number of carbonyl (C=O) groups is 1. The van der Waals surface area contributed by atoms with Gasteiger partial charge in [-0.15, -0.1) is 0 Å². The summed E-state index contributed by atoms with van der Waals surface area (Å²) in [5.74, 6) is 0.201. The number of aliphatic hydroxyl groups excluding tert-OH is 2. The van der Waals surface area contributed by atoms with Crippen molar-refractivity contribution in [3.05, 3.63) is 23.8 Å². The van der Waals surface area contributed by atoms with Crippen molar-refractivity contribution in [1.29, 1.82) is 0 Å². The summed E-state index contributed by atoms with van der Waals surface area (Å²) >= 11 is 0. The molecule has 1 heterocycles. The van der Waals surface area contributed by atoms with Crippen LogP contribution in [0.1, 0.15) is 64.2 Å². The molecule has 5 unspecified atom stereocenters. The van der Waals surface area contributed by atoms with Gasteiger partial charge in [-0.25, -0.2) is 0 Å². The summed E-state index contributed by atoms with van der Waals surface area (Å²) in [6, 6.07) is 0. The van der Waals surface area contributed by atoms with Gasteiger partial charge in [-0.05, 0) is 56.8 Å². The normalized spacial score (nSPS) is 41.1. The maximum Gasteiger partial charge on any atom is 0.303 e. The summed E-state index contributed by atoms with van der Waals surface area (Å²) in [5.41, 5.74) is 1.40. The number of aliphatic carboxylic acids is 1. The van der Waals surface area contributed by atoms with Crippen LogP contribution in [0.2, 0.25) is 0 Å². The molecule has 6 heteroatoms. The van der Waals surface area contributed by atoms with E-state index in [0.717, 1.165) is 44.9 Å². The topological polar surface area (TPSA) is 96.2 Å². The van der Waals surface area contributed by atoms with Crippen LogP contribution in [0.5, 0.6) is 0 Å². The first-order valence-electron chi connectivity index (χ1n) is 11.7. The molecule has 0 aromatic heterocycles. The smallest absolute Gasteiger partial charge is 0.303 e. The van der Waals surface area contributed by atoms with Gasteiger partial charge in [0.05, 0.1) is 24.9 Å². The Morgan fingerprint density at radius 3 is 2.80 bits per heavy atom. The lowest BCUT2D eigenvalue weighted by molar-refractivity contribution is -0.210. The first-order valence-corrected chi connectivity index (χ1v) is 11.7. The number of hydrogen-bond donors (Lipinski definition) is 3. The quantitative estimate of drug-likeness (QED) is 0.432. The molecule has 3 N–H and O–H groups in total. The third kappa shape index (κ3) is 5.16. The minimum atomic E-state index is -0.741. The number of rotatable bonds is 7. The van der Waals surface area contributed by atoms with E-state index in [0.29, 0.717) is 24.9 Å². The number of carboxylic acids is 1. The SMILES string of the molecule is O=C(O)CCC/C=C1\CC2C[C@@H](O)[C@H](/C=C/[C@@H](O)C3COC4CCCCC4O3)C2C1. The van der Waals surface area contributed by atoms with Gasteiger partial charge in [-0.2, -0.15) is 0 Å². The number of allylic oxidation sites excluding steroid dienone is 2. The highest BCUT2D eigenvalue weighted by Gasteiger charge is 2.45. The summed E-state index contributed by atoms with van der Waals surface area (Å²) in [7, 11) is 0. The summed E-state index contributed by atoms with van der Waals surface area (Å²) in [4.78, 5) is 10.7. The van der Waals surface area contributed by atoms with Crippen LogP contribution in [-0.4, -0.2) is 58.4 Å². The highest BCUT2D eigenvalue weighted by molar-refractivity contribution is 5.66. The molecule has 0 bridgehead atoms. The number of hydrogen-bond acceptors (Lipinski definition) is 5. The number of carboxylic acid groups (broad SMARTS) is 1. The summed E-state index contributed by atoms with van der Waals surface area (Å²) in [6.07, 6.45) is 13.8. The fourth-order valence-corrected chi connectivity index (χ4v) is 5.94. The largest absolute Gasteiger partial charge is 0.481 e. The van der Waals surface area contributed by atoms with E-state index in [9.17, 15) is 15.0 Å². The number of fused-ring (bicyclic) bond motifs is 2. The maximum absolute atomic E-state index is 10.7. The predicted octanol–water partition coefficient (Wildman–Crippen LogP) is 3.22. The van der Waals surface area contributed by atoms with E-state index in [2.05, 4.69) is 6.08 Å². The average Bonchev–Trinajstić information content (AvgIpc) is 3.25. The van der Waals surface area contributed by atoms with Crippen LogP contribution in [0, 0.1) is 17.8 Å². The van der Waals surface area contributed by atoms with Crippen molar-refractivity contribution in [3.63, 3.8) is 0 Å². The van der Waals surface area contributed by atoms with E-state index in [1.54, 1.807) is 0 Å². The zero-order valence-corrected chi connectivity index (χ0v) is 17.7. The molecule has 4 aliphatic rings. The summed E-state index contributed by atoms with van der Waals surface area (Å²) in [5, 5.41) is 30.0. The molecule has 0 radical (unpaired) electrons. The van der Waals surface area contributed by atoms with Crippen molar-refractivity contribution in [1.82, 2.24) is 0 Å². The van der Waals surface area contributed by atoms with Crippen LogP contribution < -0.4 is 0 Å². The second kappa shape index (κ2) is 9.94. The van der Waals surface area contributed by atoms with Crippen LogP contribution in [-0.2, 0) is 14.3 Å². The zero-order valence-electron chi connectivity index (χ0n) is 17.7. The van der Waals surface area contributed by atoms with E-state index in [-0.39, 0.29) is 36.8 Å². The molecule has 6 nitrogen and oxygen atoms in total. The van der Waals surface area contributed by atoms with Crippen molar-refractivity contribution in [3.8, 4) is 0 Å². The molecule has 3 saturated carbocycles. The lowest BCUT2D eigenvalue weighted by atomic mass is 9.90. The van der Waals surface area contributed by atoms with Crippen molar-refractivity contribution < 1.29 is 29.6 Å². The minimum absolute atomic E-state index is 0.0570. The van der Waals surface area contributed by atoms with Gasteiger partial charge >= 0.3 is 5.97 Å². The van der Waals surface area contributed by atoms with E-state index >= 15 is 0 Å². The molecule has 168 valence electrons. The number of aliphatic hydroxyl groups is 2. The van der Waals surface area contributed by atoms with Gasteiger partial charge in [-0.1, -0.05) is 36.6 Å². The highest BCUT2D eigenvalue weighted by atomic mass is 16.6. The van der Waals surface area contributed by atoms with Gasteiger partial charge in [0.2, 0.25) is 0 Å². The lowest BCUT2D eigenvalue weighted by Crippen LogP contribution is -2.48. The molecular formula is C24H36O6. The first-order chi connectivity index (χ1) is 14.5. The Morgan fingerprint density at radius 2 is 2.00 bits per heavy atom. The second-order valence-corrected chi connectivity index (χ2v) is 9.61. The highest BCUT2D eigenvalue weighted by Crippen LogP contribution is 2.50. The molecule has 8 atom stereocenters. The summed E-state index contributed by atoms with van der Waals surface area (Å²) in [6.45, 7) is 0.426. The van der Waals surface area contributed by atoms with Crippen LogP contribution in [0.25, 0.3) is 0 Å². The van der Waals surface area contributed by atoms with Gasteiger partial charge in [0.15, 0.2) is 0 Å². The first kappa shape index (κ1) is 22.0. The van der Waals surface area contributed by atoms with E-state index in [1.807, 2.05) is 12.2 Å². The van der Waals surface area contributed by atoms with E-state index < -0.39 is 12.1 Å².